The topological polar surface area (TPSA) is 280 Å². The van der Waals surface area contributed by atoms with E-state index in [-0.39, 0.29) is 32.1 Å². The first-order chi connectivity index (χ1) is 17.9. The zero-order chi connectivity index (χ0) is 28.7. The molecule has 4 atom stereocenters. The van der Waals surface area contributed by atoms with Crippen LogP contribution in [-0.4, -0.2) is 91.6 Å². The molecular weight excluding hydrogens is 506 g/mol. The molecule has 0 aliphatic carbocycles. The van der Waals surface area contributed by atoms with Crippen LogP contribution in [-0.2, 0) is 35.2 Å². The third-order valence-corrected chi connectivity index (χ3v) is 5.46. The molecule has 16 heteroatoms. The average Bonchev–Trinajstić information content (AvgIpc) is 3.36. The number of aromatic amines is 1. The van der Waals surface area contributed by atoms with E-state index in [1.165, 1.54) is 12.5 Å². The first-order valence-corrected chi connectivity index (χ1v) is 11.9. The molecule has 1 aromatic rings. The Morgan fingerprint density at radius 1 is 0.816 bits per heavy atom. The maximum atomic E-state index is 13.2. The maximum absolute atomic E-state index is 13.2. The van der Waals surface area contributed by atoms with Gasteiger partial charge in [-0.05, 0) is 38.6 Å². The summed E-state index contributed by atoms with van der Waals surface area (Å²) in [6.07, 6.45) is 2.30. The minimum absolute atomic E-state index is 0.0727. The SMILES string of the molecule is NCCCCC(NC(=O)C(Cc1cnc[nH]1)NC(=O)C(N)CCC(=O)O)C(=O)NC(CCC(=O)O)C(=O)O. The summed E-state index contributed by atoms with van der Waals surface area (Å²) in [6, 6.07) is -5.17. The Morgan fingerprint density at radius 2 is 1.39 bits per heavy atom. The highest BCUT2D eigenvalue weighted by Crippen LogP contribution is 2.07. The normalized spacial score (nSPS) is 13.9. The highest BCUT2D eigenvalue weighted by molar-refractivity contribution is 5.94. The van der Waals surface area contributed by atoms with E-state index >= 15 is 0 Å². The molecule has 11 N–H and O–H groups in total. The number of unbranched alkanes of at least 4 members (excludes halogenated alkanes) is 1. The standard InChI is InChI=1S/C22H35N7O9/c23-8-2-1-3-14(20(35)28-15(22(37)38)5-7-18(32)33)27-21(36)16(9-12-10-25-11-26-12)29-19(34)13(24)4-6-17(30)31/h10-11,13-16H,1-9,23-24H2,(H,25,26)(H,27,36)(H,28,35)(H,29,34)(H,30,31)(H,32,33)(H,37,38). The van der Waals surface area contributed by atoms with Crippen molar-refractivity contribution in [3.05, 3.63) is 18.2 Å². The van der Waals surface area contributed by atoms with E-state index < -0.39 is 66.2 Å². The van der Waals surface area contributed by atoms with E-state index in [0.29, 0.717) is 25.1 Å². The second-order valence-corrected chi connectivity index (χ2v) is 8.56. The molecule has 0 saturated carbocycles. The number of hydrogen-bond acceptors (Lipinski definition) is 9. The lowest BCUT2D eigenvalue weighted by Gasteiger charge is -2.25. The second kappa shape index (κ2) is 16.6. The molecule has 0 radical (unpaired) electrons. The summed E-state index contributed by atoms with van der Waals surface area (Å²) in [5.74, 6) is -6.24. The van der Waals surface area contributed by atoms with Crippen molar-refractivity contribution in [1.82, 2.24) is 25.9 Å². The zero-order valence-corrected chi connectivity index (χ0v) is 20.7. The summed E-state index contributed by atoms with van der Waals surface area (Å²) in [4.78, 5) is 78.4. The molecule has 0 saturated heterocycles. The Hall–Kier alpha value is -4.05. The third kappa shape index (κ3) is 12.3. The van der Waals surface area contributed by atoms with Crippen molar-refractivity contribution in [3.8, 4) is 0 Å². The molecular formula is C22H35N7O9. The molecule has 0 spiro atoms. The van der Waals surface area contributed by atoms with Gasteiger partial charge in [0, 0.05) is 31.2 Å². The second-order valence-electron chi connectivity index (χ2n) is 8.56. The van der Waals surface area contributed by atoms with Gasteiger partial charge in [0.1, 0.15) is 18.1 Å². The lowest BCUT2D eigenvalue weighted by Crippen LogP contribution is -2.57. The minimum atomic E-state index is -1.50. The fourth-order valence-electron chi connectivity index (χ4n) is 3.35. The number of carboxylic acids is 3. The number of H-pyrrole nitrogens is 1. The molecule has 1 aromatic heterocycles. The van der Waals surface area contributed by atoms with Crippen LogP contribution in [0.5, 0.6) is 0 Å². The predicted octanol–water partition coefficient (Wildman–Crippen LogP) is -2.32. The number of nitrogens with two attached hydrogens (primary N) is 2. The number of nitrogens with one attached hydrogen (secondary N) is 4. The number of carboxylic acid groups (broad SMARTS) is 3. The van der Waals surface area contributed by atoms with E-state index in [1.807, 2.05) is 0 Å². The largest absolute Gasteiger partial charge is 0.481 e. The molecule has 0 bridgehead atoms. The fraction of sp³-hybridized carbons (Fsp3) is 0.591. The number of aromatic nitrogens is 2. The number of amides is 3. The smallest absolute Gasteiger partial charge is 0.326 e. The molecule has 0 fully saturated rings. The number of carbonyl (C=O) groups excluding carboxylic acids is 3. The highest BCUT2D eigenvalue weighted by Gasteiger charge is 2.30. The van der Waals surface area contributed by atoms with Crippen molar-refractivity contribution in [1.29, 1.82) is 0 Å². The van der Waals surface area contributed by atoms with Gasteiger partial charge >= 0.3 is 17.9 Å². The molecule has 16 nitrogen and oxygen atoms in total. The highest BCUT2D eigenvalue weighted by atomic mass is 16.4. The van der Waals surface area contributed by atoms with Gasteiger partial charge in [-0.3, -0.25) is 24.0 Å². The molecule has 1 rings (SSSR count). The van der Waals surface area contributed by atoms with Crippen LogP contribution in [0.4, 0.5) is 0 Å². The maximum Gasteiger partial charge on any atom is 0.326 e. The van der Waals surface area contributed by atoms with Gasteiger partial charge in [-0.15, -0.1) is 0 Å². The molecule has 0 aliphatic rings. The van der Waals surface area contributed by atoms with E-state index in [9.17, 15) is 33.9 Å². The quantitative estimate of drug-likeness (QED) is 0.0834. The number of nitrogens with zero attached hydrogens (tertiary/aromatic N) is 1. The van der Waals surface area contributed by atoms with Crippen LogP contribution < -0.4 is 27.4 Å². The first-order valence-electron chi connectivity index (χ1n) is 11.9. The first kappa shape index (κ1) is 32.0. The Labute approximate surface area is 217 Å². The van der Waals surface area contributed by atoms with Gasteiger partial charge in [0.2, 0.25) is 17.7 Å². The number of rotatable bonds is 19. The molecule has 1 heterocycles. The molecule has 0 aliphatic heterocycles. The Kier molecular flexibility index (Phi) is 14.0. The Morgan fingerprint density at radius 3 is 1.95 bits per heavy atom. The summed E-state index contributed by atoms with van der Waals surface area (Å²) in [7, 11) is 0. The van der Waals surface area contributed by atoms with Crippen LogP contribution in [0.3, 0.4) is 0 Å². The summed E-state index contributed by atoms with van der Waals surface area (Å²) in [5, 5.41) is 34.2. The third-order valence-electron chi connectivity index (χ3n) is 5.46. The van der Waals surface area contributed by atoms with Gasteiger partial charge in [0.25, 0.3) is 0 Å². The van der Waals surface area contributed by atoms with Gasteiger partial charge in [-0.25, -0.2) is 9.78 Å². The summed E-state index contributed by atoms with van der Waals surface area (Å²) < 4.78 is 0. The van der Waals surface area contributed by atoms with Crippen molar-refractivity contribution >= 4 is 35.6 Å². The fourth-order valence-corrected chi connectivity index (χ4v) is 3.35. The van der Waals surface area contributed by atoms with Gasteiger partial charge in [-0.1, -0.05) is 0 Å². The van der Waals surface area contributed by atoms with Crippen molar-refractivity contribution in [2.24, 2.45) is 11.5 Å². The number of carbonyl (C=O) groups is 6. The molecule has 38 heavy (non-hydrogen) atoms. The van der Waals surface area contributed by atoms with E-state index in [4.69, 9.17) is 21.7 Å². The average molecular weight is 542 g/mol. The van der Waals surface area contributed by atoms with Crippen LogP contribution in [0.2, 0.25) is 0 Å². The number of aliphatic carboxylic acids is 3. The summed E-state index contributed by atoms with van der Waals surface area (Å²) in [5.41, 5.74) is 11.7. The van der Waals surface area contributed by atoms with Crippen LogP contribution in [0.1, 0.15) is 50.6 Å². The molecule has 212 valence electrons. The zero-order valence-electron chi connectivity index (χ0n) is 20.7. The van der Waals surface area contributed by atoms with Crippen LogP contribution in [0, 0.1) is 0 Å². The number of imidazole rings is 1. The summed E-state index contributed by atoms with van der Waals surface area (Å²) in [6.45, 7) is 0.311. The van der Waals surface area contributed by atoms with Gasteiger partial charge in [-0.2, -0.15) is 0 Å². The van der Waals surface area contributed by atoms with Crippen molar-refractivity contribution in [2.45, 2.75) is 75.5 Å². The Bertz CT molecular complexity index is 955. The monoisotopic (exact) mass is 541 g/mol. The van der Waals surface area contributed by atoms with Crippen LogP contribution in [0.25, 0.3) is 0 Å². The summed E-state index contributed by atoms with van der Waals surface area (Å²) >= 11 is 0. The van der Waals surface area contributed by atoms with E-state index in [2.05, 4.69) is 25.9 Å². The Balaban J connectivity index is 3.04. The van der Waals surface area contributed by atoms with Gasteiger partial charge < -0.3 is 47.7 Å². The van der Waals surface area contributed by atoms with Gasteiger partial charge in [0.15, 0.2) is 0 Å². The molecule has 3 amide bonds. The van der Waals surface area contributed by atoms with E-state index in [1.54, 1.807) is 0 Å². The van der Waals surface area contributed by atoms with Crippen molar-refractivity contribution < 1.29 is 44.1 Å². The molecule has 4 unspecified atom stereocenters. The van der Waals surface area contributed by atoms with E-state index in [0.717, 1.165) is 0 Å². The lowest BCUT2D eigenvalue weighted by atomic mass is 10.0. The minimum Gasteiger partial charge on any atom is -0.481 e. The van der Waals surface area contributed by atoms with Crippen molar-refractivity contribution in [2.75, 3.05) is 6.54 Å². The number of hydrogen-bond donors (Lipinski definition) is 9. The lowest BCUT2D eigenvalue weighted by molar-refractivity contribution is -0.143. The predicted molar refractivity (Wildman–Crippen MR) is 130 cm³/mol. The van der Waals surface area contributed by atoms with Crippen molar-refractivity contribution in [3.63, 3.8) is 0 Å². The van der Waals surface area contributed by atoms with Crippen LogP contribution in [0.15, 0.2) is 12.5 Å². The van der Waals surface area contributed by atoms with Gasteiger partial charge in [0.05, 0.1) is 12.4 Å². The van der Waals surface area contributed by atoms with Crippen LogP contribution >= 0.6 is 0 Å². The molecule has 0 aromatic carbocycles.